The van der Waals surface area contributed by atoms with Gasteiger partial charge in [-0.1, -0.05) is 0 Å². The Labute approximate surface area is 152 Å². The monoisotopic (exact) mass is 357 g/mol. The van der Waals surface area contributed by atoms with Gasteiger partial charge in [-0.25, -0.2) is 0 Å². The Kier molecular flexibility index (Phi) is 6.96. The zero-order valence-corrected chi connectivity index (χ0v) is 15.2. The van der Waals surface area contributed by atoms with Crippen LogP contribution >= 0.6 is 0 Å². The highest BCUT2D eigenvalue weighted by atomic mass is 16.5. The second-order valence-electron chi connectivity index (χ2n) is 5.66. The number of methoxy groups -OCH3 is 2. The Hall–Kier alpha value is -3.09. The normalized spacial score (nSPS) is 10.1. The van der Waals surface area contributed by atoms with E-state index >= 15 is 0 Å². The van der Waals surface area contributed by atoms with Crippen molar-refractivity contribution >= 4 is 17.5 Å². The van der Waals surface area contributed by atoms with Crippen LogP contribution in [0.1, 0.15) is 18.9 Å². The first-order valence-corrected chi connectivity index (χ1v) is 8.19. The zero-order valence-electron chi connectivity index (χ0n) is 15.2. The molecule has 7 heteroatoms. The minimum atomic E-state index is -0.200. The maximum absolute atomic E-state index is 12.3. The van der Waals surface area contributed by atoms with Crippen LogP contribution in [-0.4, -0.2) is 42.5 Å². The van der Waals surface area contributed by atoms with Crippen LogP contribution in [0.5, 0.6) is 11.5 Å². The molecular weight excluding hydrogens is 334 g/mol. The lowest BCUT2D eigenvalue weighted by Crippen LogP contribution is -2.31. The highest BCUT2D eigenvalue weighted by Gasteiger charge is 2.13. The zero-order chi connectivity index (χ0) is 18.9. The minimum absolute atomic E-state index is 0.0864. The van der Waals surface area contributed by atoms with Gasteiger partial charge in [0.25, 0.3) is 0 Å². The topological polar surface area (TPSA) is 80.8 Å². The fourth-order valence-electron chi connectivity index (χ4n) is 2.41. The van der Waals surface area contributed by atoms with Gasteiger partial charge >= 0.3 is 0 Å². The van der Waals surface area contributed by atoms with Crippen LogP contribution in [0.2, 0.25) is 0 Å². The van der Waals surface area contributed by atoms with Gasteiger partial charge in [0.2, 0.25) is 11.8 Å². The molecule has 2 rings (SSSR count). The molecule has 0 bridgehead atoms. The Morgan fingerprint density at radius 2 is 1.85 bits per heavy atom. The number of benzene rings is 1. The third kappa shape index (κ3) is 5.47. The fourth-order valence-corrected chi connectivity index (χ4v) is 2.41. The lowest BCUT2D eigenvalue weighted by Gasteiger charge is -2.21. The standard InChI is InChI=1S/C19H23N3O4/c1-14(23)22(13-15-6-9-20-10-7-15)11-8-19(24)21-17-5-4-16(25-2)12-18(17)26-3/h4-7,9-10,12H,8,11,13H2,1-3H3,(H,21,24). The van der Waals surface area contributed by atoms with E-state index in [0.29, 0.717) is 30.3 Å². The molecule has 0 saturated carbocycles. The summed E-state index contributed by atoms with van der Waals surface area (Å²) in [6, 6.07) is 8.84. The molecule has 7 nitrogen and oxygen atoms in total. The van der Waals surface area contributed by atoms with Crippen molar-refractivity contribution in [3.8, 4) is 11.5 Å². The molecule has 0 saturated heterocycles. The number of carbonyl (C=O) groups excluding carboxylic acids is 2. The highest BCUT2D eigenvalue weighted by Crippen LogP contribution is 2.29. The summed E-state index contributed by atoms with van der Waals surface area (Å²) in [5, 5.41) is 2.80. The van der Waals surface area contributed by atoms with E-state index in [-0.39, 0.29) is 18.2 Å². The maximum Gasteiger partial charge on any atom is 0.226 e. The molecule has 26 heavy (non-hydrogen) atoms. The van der Waals surface area contributed by atoms with Gasteiger partial charge in [0, 0.05) is 44.9 Å². The summed E-state index contributed by atoms with van der Waals surface area (Å²) in [5.41, 5.74) is 1.52. The van der Waals surface area contributed by atoms with Crippen LogP contribution in [0.3, 0.4) is 0 Å². The van der Waals surface area contributed by atoms with E-state index in [2.05, 4.69) is 10.3 Å². The van der Waals surface area contributed by atoms with Gasteiger partial charge in [-0.2, -0.15) is 0 Å². The first kappa shape index (κ1) is 19.2. The smallest absolute Gasteiger partial charge is 0.226 e. The predicted molar refractivity (Wildman–Crippen MR) is 98.1 cm³/mol. The van der Waals surface area contributed by atoms with Gasteiger partial charge in [0.15, 0.2) is 0 Å². The fraction of sp³-hybridized carbons (Fsp3) is 0.316. The van der Waals surface area contributed by atoms with Crippen molar-refractivity contribution in [1.29, 1.82) is 0 Å². The number of anilines is 1. The molecule has 0 aliphatic rings. The number of nitrogens with one attached hydrogen (secondary N) is 1. The number of hydrogen-bond donors (Lipinski definition) is 1. The lowest BCUT2D eigenvalue weighted by molar-refractivity contribution is -0.129. The predicted octanol–water partition coefficient (Wildman–Crippen LogP) is 2.48. The molecule has 2 aromatic rings. The van der Waals surface area contributed by atoms with E-state index in [4.69, 9.17) is 9.47 Å². The van der Waals surface area contributed by atoms with Crippen LogP contribution in [0.25, 0.3) is 0 Å². The van der Waals surface area contributed by atoms with Crippen molar-refractivity contribution in [1.82, 2.24) is 9.88 Å². The van der Waals surface area contributed by atoms with Crippen molar-refractivity contribution in [2.75, 3.05) is 26.1 Å². The van der Waals surface area contributed by atoms with Crippen LogP contribution in [-0.2, 0) is 16.1 Å². The number of nitrogens with zero attached hydrogens (tertiary/aromatic N) is 2. The number of rotatable bonds is 8. The summed E-state index contributed by atoms with van der Waals surface area (Å²) in [6.07, 6.45) is 3.53. The van der Waals surface area contributed by atoms with Crippen molar-refractivity contribution in [3.05, 3.63) is 48.3 Å². The van der Waals surface area contributed by atoms with Gasteiger partial charge in [-0.15, -0.1) is 0 Å². The molecule has 0 aliphatic heterocycles. The van der Waals surface area contributed by atoms with E-state index in [1.54, 1.807) is 42.6 Å². The first-order valence-electron chi connectivity index (χ1n) is 8.19. The molecule has 138 valence electrons. The molecule has 0 spiro atoms. The second-order valence-corrected chi connectivity index (χ2v) is 5.66. The lowest BCUT2D eigenvalue weighted by atomic mass is 10.2. The molecule has 0 unspecified atom stereocenters. The largest absolute Gasteiger partial charge is 0.497 e. The summed E-state index contributed by atoms with van der Waals surface area (Å²) in [6.45, 7) is 2.25. The SMILES string of the molecule is COc1ccc(NC(=O)CCN(Cc2ccncc2)C(C)=O)c(OC)c1. The summed E-state index contributed by atoms with van der Waals surface area (Å²) < 4.78 is 10.4. The van der Waals surface area contributed by atoms with Crippen molar-refractivity contribution in [2.24, 2.45) is 0 Å². The van der Waals surface area contributed by atoms with Crippen LogP contribution in [0, 0.1) is 0 Å². The Morgan fingerprint density at radius 3 is 2.46 bits per heavy atom. The molecule has 1 aromatic heterocycles. The van der Waals surface area contributed by atoms with E-state index in [9.17, 15) is 9.59 Å². The molecule has 1 N–H and O–H groups in total. The van der Waals surface area contributed by atoms with E-state index in [1.807, 2.05) is 12.1 Å². The molecule has 2 amide bonds. The number of pyridine rings is 1. The summed E-state index contributed by atoms with van der Waals surface area (Å²) in [5.74, 6) is 0.865. The van der Waals surface area contributed by atoms with Gasteiger partial charge in [0.1, 0.15) is 11.5 Å². The number of carbonyl (C=O) groups is 2. The Morgan fingerprint density at radius 1 is 1.12 bits per heavy atom. The van der Waals surface area contributed by atoms with Gasteiger partial charge in [0.05, 0.1) is 19.9 Å². The summed E-state index contributed by atoms with van der Waals surface area (Å²) in [4.78, 5) is 29.7. The van der Waals surface area contributed by atoms with Gasteiger partial charge < -0.3 is 19.7 Å². The second kappa shape index (κ2) is 9.41. The summed E-state index contributed by atoms with van der Waals surface area (Å²) in [7, 11) is 3.09. The number of aromatic nitrogens is 1. The number of amides is 2. The third-order valence-electron chi connectivity index (χ3n) is 3.86. The van der Waals surface area contributed by atoms with Crippen molar-refractivity contribution in [3.63, 3.8) is 0 Å². The van der Waals surface area contributed by atoms with Crippen LogP contribution in [0.15, 0.2) is 42.7 Å². The quantitative estimate of drug-likeness (QED) is 0.785. The van der Waals surface area contributed by atoms with Crippen LogP contribution < -0.4 is 14.8 Å². The number of hydrogen-bond acceptors (Lipinski definition) is 5. The highest BCUT2D eigenvalue weighted by molar-refractivity contribution is 5.92. The number of ether oxygens (including phenoxy) is 2. The molecule has 1 aromatic carbocycles. The Bertz CT molecular complexity index is 750. The third-order valence-corrected chi connectivity index (χ3v) is 3.86. The van der Waals surface area contributed by atoms with E-state index < -0.39 is 0 Å². The average molecular weight is 357 g/mol. The van der Waals surface area contributed by atoms with E-state index in [1.165, 1.54) is 14.0 Å². The molecule has 0 radical (unpaired) electrons. The Balaban J connectivity index is 1.95. The molecular formula is C19H23N3O4. The maximum atomic E-state index is 12.3. The van der Waals surface area contributed by atoms with Crippen LogP contribution in [0.4, 0.5) is 5.69 Å². The van der Waals surface area contributed by atoms with Crippen molar-refractivity contribution in [2.45, 2.75) is 19.9 Å². The summed E-state index contributed by atoms with van der Waals surface area (Å²) >= 11 is 0. The van der Waals surface area contributed by atoms with E-state index in [0.717, 1.165) is 5.56 Å². The average Bonchev–Trinajstić information content (AvgIpc) is 2.66. The van der Waals surface area contributed by atoms with Crippen molar-refractivity contribution < 1.29 is 19.1 Å². The van der Waals surface area contributed by atoms with Gasteiger partial charge in [-0.05, 0) is 29.8 Å². The van der Waals surface area contributed by atoms with Gasteiger partial charge in [-0.3, -0.25) is 14.6 Å². The molecule has 0 atom stereocenters. The first-order chi connectivity index (χ1) is 12.5. The molecule has 0 fully saturated rings. The molecule has 0 aliphatic carbocycles. The molecule has 1 heterocycles. The minimum Gasteiger partial charge on any atom is -0.497 e.